The highest BCUT2D eigenvalue weighted by Crippen LogP contribution is 2.28. The summed E-state index contributed by atoms with van der Waals surface area (Å²) in [7, 11) is 0. The topological polar surface area (TPSA) is 125 Å². The molecule has 2 aliphatic heterocycles. The molecule has 10 heteroatoms. The SMILES string of the molecule is O=C1C[C@H](NCc2cccnc2)C(=O)N1c1ccc(N2C(=O)C[C@@H](NCc3cccnc3)C2=O)cc1. The van der Waals surface area contributed by atoms with E-state index in [0.717, 1.165) is 20.9 Å². The molecule has 182 valence electrons. The molecular formula is C26H24N6O4. The number of aromatic nitrogens is 2. The van der Waals surface area contributed by atoms with Gasteiger partial charge in [-0.2, -0.15) is 0 Å². The van der Waals surface area contributed by atoms with E-state index >= 15 is 0 Å². The first kappa shape index (κ1) is 23.5. The van der Waals surface area contributed by atoms with Crippen LogP contribution >= 0.6 is 0 Å². The van der Waals surface area contributed by atoms with Gasteiger partial charge < -0.3 is 10.6 Å². The zero-order valence-electron chi connectivity index (χ0n) is 19.3. The van der Waals surface area contributed by atoms with Gasteiger partial charge in [-0.05, 0) is 47.5 Å². The zero-order chi connectivity index (χ0) is 25.1. The minimum Gasteiger partial charge on any atom is -0.301 e. The van der Waals surface area contributed by atoms with Crippen LogP contribution in [0.5, 0.6) is 0 Å². The molecule has 2 aromatic heterocycles. The molecule has 0 aliphatic carbocycles. The molecule has 5 rings (SSSR count). The molecule has 2 aliphatic rings. The van der Waals surface area contributed by atoms with Crippen LogP contribution in [0, 0.1) is 0 Å². The number of carbonyl (C=O) groups excluding carboxylic acids is 4. The number of hydrogen-bond donors (Lipinski definition) is 2. The quantitative estimate of drug-likeness (QED) is 0.459. The second kappa shape index (κ2) is 10.1. The summed E-state index contributed by atoms with van der Waals surface area (Å²) < 4.78 is 0. The lowest BCUT2D eigenvalue weighted by molar-refractivity contribution is -0.123. The van der Waals surface area contributed by atoms with E-state index in [-0.39, 0.29) is 36.5 Å². The van der Waals surface area contributed by atoms with Gasteiger partial charge in [0, 0.05) is 37.9 Å². The average molecular weight is 485 g/mol. The van der Waals surface area contributed by atoms with Gasteiger partial charge in [-0.25, -0.2) is 9.80 Å². The van der Waals surface area contributed by atoms with Crippen molar-refractivity contribution in [3.05, 3.63) is 84.4 Å². The first-order chi connectivity index (χ1) is 17.5. The molecule has 0 spiro atoms. The number of nitrogens with one attached hydrogen (secondary N) is 2. The fourth-order valence-corrected chi connectivity index (χ4v) is 4.36. The van der Waals surface area contributed by atoms with Crippen molar-refractivity contribution in [2.24, 2.45) is 0 Å². The molecule has 2 atom stereocenters. The van der Waals surface area contributed by atoms with Gasteiger partial charge in [0.1, 0.15) is 0 Å². The number of benzene rings is 1. The molecule has 2 fully saturated rings. The van der Waals surface area contributed by atoms with Crippen molar-refractivity contribution in [2.45, 2.75) is 38.0 Å². The van der Waals surface area contributed by atoms with Gasteiger partial charge in [0.15, 0.2) is 0 Å². The summed E-state index contributed by atoms with van der Waals surface area (Å²) in [6, 6.07) is 12.4. The van der Waals surface area contributed by atoms with E-state index < -0.39 is 12.1 Å². The Labute approximate surface area is 207 Å². The second-order valence-corrected chi connectivity index (χ2v) is 8.65. The van der Waals surface area contributed by atoms with Crippen molar-refractivity contribution in [1.82, 2.24) is 20.6 Å². The lowest BCUT2D eigenvalue weighted by Gasteiger charge is -2.19. The summed E-state index contributed by atoms with van der Waals surface area (Å²) in [5.74, 6) is -1.32. The standard InChI is InChI=1S/C26H24N6O4/c33-23-11-21(29-15-17-3-1-9-27-13-17)25(35)31(23)19-5-7-20(8-6-19)32-24(34)12-22(26(32)36)30-16-18-4-2-10-28-14-18/h1-10,13-14,21-22,29-30H,11-12,15-16H2/t21-,22+. The molecule has 4 amide bonds. The summed E-state index contributed by atoms with van der Waals surface area (Å²) in [6.07, 6.45) is 6.83. The summed E-state index contributed by atoms with van der Waals surface area (Å²) in [4.78, 5) is 61.4. The average Bonchev–Trinajstić information content (AvgIpc) is 3.35. The van der Waals surface area contributed by atoms with Gasteiger partial charge in [-0.3, -0.25) is 29.1 Å². The molecule has 0 bridgehead atoms. The Morgan fingerprint density at radius 3 is 1.44 bits per heavy atom. The van der Waals surface area contributed by atoms with E-state index in [9.17, 15) is 19.2 Å². The third-order valence-corrected chi connectivity index (χ3v) is 6.21. The maximum Gasteiger partial charge on any atom is 0.251 e. The smallest absolute Gasteiger partial charge is 0.251 e. The molecule has 0 radical (unpaired) electrons. The van der Waals surface area contributed by atoms with Gasteiger partial charge in [0.25, 0.3) is 11.8 Å². The van der Waals surface area contributed by atoms with Crippen LogP contribution in [0.2, 0.25) is 0 Å². The Morgan fingerprint density at radius 2 is 1.08 bits per heavy atom. The highest BCUT2D eigenvalue weighted by Gasteiger charge is 2.41. The number of nitrogens with zero attached hydrogens (tertiary/aromatic N) is 4. The van der Waals surface area contributed by atoms with Crippen LogP contribution in [-0.2, 0) is 32.3 Å². The van der Waals surface area contributed by atoms with Crippen molar-refractivity contribution in [2.75, 3.05) is 9.80 Å². The van der Waals surface area contributed by atoms with Crippen molar-refractivity contribution in [3.8, 4) is 0 Å². The van der Waals surface area contributed by atoms with Crippen LogP contribution in [0.4, 0.5) is 11.4 Å². The number of hydrogen-bond acceptors (Lipinski definition) is 8. The first-order valence-corrected chi connectivity index (χ1v) is 11.6. The van der Waals surface area contributed by atoms with Crippen LogP contribution in [0.15, 0.2) is 73.3 Å². The molecule has 36 heavy (non-hydrogen) atoms. The molecular weight excluding hydrogens is 460 g/mol. The molecule has 2 saturated heterocycles. The summed E-state index contributed by atoms with van der Waals surface area (Å²) in [5, 5.41) is 6.23. The maximum atomic E-state index is 12.9. The maximum absolute atomic E-state index is 12.9. The van der Waals surface area contributed by atoms with Crippen LogP contribution in [0.1, 0.15) is 24.0 Å². The molecule has 1 aromatic carbocycles. The second-order valence-electron chi connectivity index (χ2n) is 8.65. The Bertz CT molecular complexity index is 1180. The molecule has 0 saturated carbocycles. The monoisotopic (exact) mass is 484 g/mol. The predicted molar refractivity (Wildman–Crippen MR) is 130 cm³/mol. The lowest BCUT2D eigenvalue weighted by Crippen LogP contribution is -2.39. The van der Waals surface area contributed by atoms with Gasteiger partial charge in [0.2, 0.25) is 11.8 Å². The molecule has 0 unspecified atom stereocenters. The minimum absolute atomic E-state index is 0.0498. The summed E-state index contributed by atoms with van der Waals surface area (Å²) >= 11 is 0. The zero-order valence-corrected chi connectivity index (χ0v) is 19.3. The fraction of sp³-hybridized carbons (Fsp3) is 0.231. The van der Waals surface area contributed by atoms with Gasteiger partial charge in [0.05, 0.1) is 36.3 Å². The van der Waals surface area contributed by atoms with Crippen LogP contribution in [0.25, 0.3) is 0 Å². The number of anilines is 2. The largest absolute Gasteiger partial charge is 0.301 e. The number of imide groups is 2. The molecule has 10 nitrogen and oxygen atoms in total. The van der Waals surface area contributed by atoms with Crippen LogP contribution < -0.4 is 20.4 Å². The third-order valence-electron chi connectivity index (χ3n) is 6.21. The van der Waals surface area contributed by atoms with Gasteiger partial charge >= 0.3 is 0 Å². The van der Waals surface area contributed by atoms with E-state index in [1.807, 2.05) is 12.1 Å². The van der Waals surface area contributed by atoms with Gasteiger partial charge in [-0.15, -0.1) is 0 Å². The van der Waals surface area contributed by atoms with Crippen LogP contribution in [0.3, 0.4) is 0 Å². The number of amides is 4. The van der Waals surface area contributed by atoms with Gasteiger partial charge in [-0.1, -0.05) is 12.1 Å². The van der Waals surface area contributed by atoms with E-state index in [1.54, 1.807) is 61.2 Å². The molecule has 4 heterocycles. The van der Waals surface area contributed by atoms with Crippen molar-refractivity contribution < 1.29 is 19.2 Å². The number of pyridine rings is 2. The Kier molecular flexibility index (Phi) is 6.61. The Hall–Kier alpha value is -4.28. The van der Waals surface area contributed by atoms with E-state index in [4.69, 9.17) is 0 Å². The highest BCUT2D eigenvalue weighted by atomic mass is 16.2. The van der Waals surface area contributed by atoms with Crippen molar-refractivity contribution in [1.29, 1.82) is 0 Å². The fourth-order valence-electron chi connectivity index (χ4n) is 4.36. The third kappa shape index (κ3) is 4.77. The van der Waals surface area contributed by atoms with E-state index in [0.29, 0.717) is 24.5 Å². The van der Waals surface area contributed by atoms with Crippen molar-refractivity contribution in [3.63, 3.8) is 0 Å². The molecule has 3 aromatic rings. The molecule has 2 N–H and O–H groups in total. The Balaban J connectivity index is 1.23. The van der Waals surface area contributed by atoms with E-state index in [2.05, 4.69) is 20.6 Å². The summed E-state index contributed by atoms with van der Waals surface area (Å²) in [6.45, 7) is 0.832. The first-order valence-electron chi connectivity index (χ1n) is 11.6. The van der Waals surface area contributed by atoms with Crippen LogP contribution in [-0.4, -0.2) is 45.7 Å². The Morgan fingerprint density at radius 1 is 0.667 bits per heavy atom. The van der Waals surface area contributed by atoms with E-state index in [1.165, 1.54) is 0 Å². The normalized spacial score (nSPS) is 20.0. The van der Waals surface area contributed by atoms with Crippen molar-refractivity contribution >= 4 is 35.0 Å². The predicted octanol–water partition coefficient (Wildman–Crippen LogP) is 1.32. The number of rotatable bonds is 8. The highest BCUT2D eigenvalue weighted by molar-refractivity contribution is 6.24. The lowest BCUT2D eigenvalue weighted by atomic mass is 10.2. The summed E-state index contributed by atoms with van der Waals surface area (Å²) in [5.41, 5.74) is 2.61. The minimum atomic E-state index is -0.634. The number of carbonyl (C=O) groups is 4.